The summed E-state index contributed by atoms with van der Waals surface area (Å²) in [6, 6.07) is 24.7. The molecule has 4 aromatic rings. The van der Waals surface area contributed by atoms with Crippen LogP contribution in [0.5, 0.6) is 11.5 Å². The molecular weight excluding hydrogens is 392 g/mol. The van der Waals surface area contributed by atoms with Gasteiger partial charge in [0.2, 0.25) is 4.77 Å². The number of nitrogens with one attached hydrogen (secondary N) is 1. The molecule has 0 saturated carbocycles. The number of ether oxygens (including phenoxy) is 1. The number of hydrogen-bond acceptors (Lipinski definition) is 4. The molecule has 1 N–H and O–H groups in total. The molecule has 7 heteroatoms. The van der Waals surface area contributed by atoms with Crippen LogP contribution in [-0.2, 0) is 0 Å². The van der Waals surface area contributed by atoms with Crippen LogP contribution in [0.2, 0.25) is 5.02 Å². The zero-order valence-corrected chi connectivity index (χ0v) is 16.2. The Morgan fingerprint density at radius 3 is 2.54 bits per heavy atom. The average molecular weight is 407 g/mol. The normalized spacial score (nSPS) is 11.0. The fraction of sp³-hybridized carbons (Fsp3) is 0. The van der Waals surface area contributed by atoms with Gasteiger partial charge in [-0.3, -0.25) is 0 Å². The first kappa shape index (κ1) is 18.2. The van der Waals surface area contributed by atoms with Crippen LogP contribution in [-0.4, -0.2) is 21.1 Å². The van der Waals surface area contributed by atoms with Crippen LogP contribution in [0.3, 0.4) is 0 Å². The zero-order valence-electron chi connectivity index (χ0n) is 14.6. The van der Waals surface area contributed by atoms with E-state index in [2.05, 4.69) is 15.3 Å². The molecule has 0 spiro atoms. The summed E-state index contributed by atoms with van der Waals surface area (Å²) >= 11 is 11.6. The molecule has 0 unspecified atom stereocenters. The van der Waals surface area contributed by atoms with Crippen molar-refractivity contribution in [3.8, 4) is 22.9 Å². The molecule has 3 aromatic carbocycles. The summed E-state index contributed by atoms with van der Waals surface area (Å²) < 4.78 is 7.78. The van der Waals surface area contributed by atoms with Crippen molar-refractivity contribution in [3.63, 3.8) is 0 Å². The van der Waals surface area contributed by atoms with Crippen LogP contribution >= 0.6 is 23.8 Å². The lowest BCUT2D eigenvalue weighted by atomic mass is 10.2. The number of rotatable bonds is 5. The Labute approximate surface area is 171 Å². The summed E-state index contributed by atoms with van der Waals surface area (Å²) in [5.41, 5.74) is 1.61. The summed E-state index contributed by atoms with van der Waals surface area (Å²) in [5.74, 6) is 2.04. The smallest absolute Gasteiger partial charge is 0.216 e. The van der Waals surface area contributed by atoms with E-state index in [-0.39, 0.29) is 0 Å². The molecular formula is C21H15ClN4OS. The lowest BCUT2D eigenvalue weighted by Gasteiger charge is -2.06. The van der Waals surface area contributed by atoms with Crippen molar-refractivity contribution >= 4 is 30.0 Å². The van der Waals surface area contributed by atoms with E-state index in [0.717, 1.165) is 22.6 Å². The Bertz CT molecular complexity index is 1180. The molecule has 0 aliphatic rings. The van der Waals surface area contributed by atoms with E-state index in [1.54, 1.807) is 17.0 Å². The number of hydrogen-bond donors (Lipinski definition) is 1. The van der Waals surface area contributed by atoms with Crippen molar-refractivity contribution < 1.29 is 4.74 Å². The van der Waals surface area contributed by atoms with Crippen molar-refractivity contribution in [1.82, 2.24) is 14.9 Å². The van der Waals surface area contributed by atoms with E-state index in [1.165, 1.54) is 0 Å². The second-order valence-corrected chi connectivity index (χ2v) is 6.67. The Morgan fingerprint density at radius 1 is 0.964 bits per heavy atom. The number of benzene rings is 3. The third-order valence-electron chi connectivity index (χ3n) is 3.92. The highest BCUT2D eigenvalue weighted by molar-refractivity contribution is 7.71. The number of para-hydroxylation sites is 1. The van der Waals surface area contributed by atoms with Gasteiger partial charge in [-0.2, -0.15) is 14.9 Å². The summed E-state index contributed by atoms with van der Waals surface area (Å²) in [5, 5.41) is 12.1. The highest BCUT2D eigenvalue weighted by Crippen LogP contribution is 2.26. The molecule has 0 aliphatic carbocycles. The molecule has 0 saturated heterocycles. The lowest BCUT2D eigenvalue weighted by Crippen LogP contribution is -1.95. The third kappa shape index (κ3) is 4.03. The van der Waals surface area contributed by atoms with Gasteiger partial charge in [-0.25, -0.2) is 5.10 Å². The Morgan fingerprint density at radius 2 is 1.71 bits per heavy atom. The summed E-state index contributed by atoms with van der Waals surface area (Å²) in [6.07, 6.45) is 1.70. The largest absolute Gasteiger partial charge is 0.457 e. The second kappa shape index (κ2) is 8.21. The summed E-state index contributed by atoms with van der Waals surface area (Å²) in [4.78, 5) is 0. The number of aromatic amines is 1. The molecule has 1 heterocycles. The van der Waals surface area contributed by atoms with Crippen molar-refractivity contribution in [1.29, 1.82) is 0 Å². The predicted molar refractivity (Wildman–Crippen MR) is 114 cm³/mol. The number of halogens is 1. The molecule has 0 radical (unpaired) electrons. The van der Waals surface area contributed by atoms with Crippen molar-refractivity contribution in [2.24, 2.45) is 5.10 Å². The van der Waals surface area contributed by atoms with Crippen molar-refractivity contribution in [2.75, 3.05) is 0 Å². The van der Waals surface area contributed by atoms with Gasteiger partial charge in [0.25, 0.3) is 0 Å². The monoisotopic (exact) mass is 406 g/mol. The van der Waals surface area contributed by atoms with Crippen LogP contribution < -0.4 is 4.74 Å². The molecule has 0 bridgehead atoms. The number of aromatic nitrogens is 3. The molecule has 0 aliphatic heterocycles. The second-order valence-electron chi connectivity index (χ2n) is 5.88. The van der Waals surface area contributed by atoms with E-state index < -0.39 is 0 Å². The van der Waals surface area contributed by atoms with Crippen LogP contribution in [0.4, 0.5) is 0 Å². The molecule has 28 heavy (non-hydrogen) atoms. The SMILES string of the molecule is S=c1[nH]nc(-c2ccccc2Cl)n1/N=C/c1cccc(Oc2ccccc2)c1. The number of H-pyrrole nitrogens is 1. The fourth-order valence-corrected chi connectivity index (χ4v) is 3.02. The highest BCUT2D eigenvalue weighted by Gasteiger charge is 2.11. The predicted octanol–water partition coefficient (Wildman–Crippen LogP) is 5.94. The highest BCUT2D eigenvalue weighted by atomic mass is 35.5. The fourth-order valence-electron chi connectivity index (χ4n) is 2.62. The molecule has 0 amide bonds. The Kier molecular flexibility index (Phi) is 5.32. The quantitative estimate of drug-likeness (QED) is 0.330. The van der Waals surface area contributed by atoms with Crippen molar-refractivity contribution in [3.05, 3.63) is 94.2 Å². The minimum atomic E-state index is 0.378. The Hall–Kier alpha value is -3.22. The van der Waals surface area contributed by atoms with Crippen LogP contribution in [0.15, 0.2) is 84.0 Å². The van der Waals surface area contributed by atoms with E-state index in [1.807, 2.05) is 72.8 Å². The zero-order chi connectivity index (χ0) is 19.3. The summed E-state index contributed by atoms with van der Waals surface area (Å²) in [6.45, 7) is 0. The molecule has 0 fully saturated rings. The Balaban J connectivity index is 1.62. The average Bonchev–Trinajstić information content (AvgIpc) is 3.08. The van der Waals surface area contributed by atoms with Gasteiger partial charge in [-0.1, -0.05) is 54.1 Å². The first-order valence-electron chi connectivity index (χ1n) is 8.50. The van der Waals surface area contributed by atoms with Gasteiger partial charge in [0.05, 0.1) is 11.2 Å². The van der Waals surface area contributed by atoms with E-state index in [9.17, 15) is 0 Å². The minimum absolute atomic E-state index is 0.378. The lowest BCUT2D eigenvalue weighted by molar-refractivity contribution is 0.482. The van der Waals surface area contributed by atoms with Gasteiger partial charge < -0.3 is 4.74 Å². The van der Waals surface area contributed by atoms with Crippen molar-refractivity contribution in [2.45, 2.75) is 0 Å². The number of nitrogens with zero attached hydrogens (tertiary/aromatic N) is 3. The third-order valence-corrected chi connectivity index (χ3v) is 4.52. The van der Waals surface area contributed by atoms with Crippen LogP contribution in [0.1, 0.15) is 5.56 Å². The van der Waals surface area contributed by atoms with Crippen LogP contribution in [0.25, 0.3) is 11.4 Å². The maximum atomic E-state index is 6.29. The maximum Gasteiger partial charge on any atom is 0.216 e. The van der Waals surface area contributed by atoms with E-state index in [0.29, 0.717) is 15.6 Å². The van der Waals surface area contributed by atoms with Crippen LogP contribution in [0, 0.1) is 4.77 Å². The van der Waals surface area contributed by atoms with Gasteiger partial charge in [0.1, 0.15) is 11.5 Å². The first-order chi connectivity index (χ1) is 13.7. The standard InChI is InChI=1S/C21H15ClN4OS/c22-19-12-5-4-11-18(19)20-24-25-21(28)26(20)23-14-15-7-6-10-17(13-15)27-16-8-2-1-3-9-16/h1-14H,(H,25,28)/b23-14+. The summed E-state index contributed by atoms with van der Waals surface area (Å²) in [7, 11) is 0. The van der Waals surface area contributed by atoms with E-state index >= 15 is 0 Å². The molecule has 0 atom stereocenters. The molecule has 1 aromatic heterocycles. The van der Waals surface area contributed by atoms with Gasteiger partial charge >= 0.3 is 0 Å². The maximum absolute atomic E-state index is 6.29. The van der Waals surface area contributed by atoms with Gasteiger partial charge in [-0.15, -0.1) is 0 Å². The van der Waals surface area contributed by atoms with Gasteiger partial charge in [0.15, 0.2) is 5.82 Å². The molecule has 5 nitrogen and oxygen atoms in total. The topological polar surface area (TPSA) is 55.2 Å². The molecule has 138 valence electrons. The molecule has 4 rings (SSSR count). The minimum Gasteiger partial charge on any atom is -0.457 e. The van der Waals surface area contributed by atoms with E-state index in [4.69, 9.17) is 28.6 Å². The van der Waals surface area contributed by atoms with Gasteiger partial charge in [-0.05, 0) is 54.2 Å². The first-order valence-corrected chi connectivity index (χ1v) is 9.29. The van der Waals surface area contributed by atoms with Gasteiger partial charge in [0, 0.05) is 5.56 Å².